The lowest BCUT2D eigenvalue weighted by Crippen LogP contribution is -2.44. The van der Waals surface area contributed by atoms with Gasteiger partial charge in [0.25, 0.3) is 0 Å². The molecule has 0 aliphatic carbocycles. The predicted molar refractivity (Wildman–Crippen MR) is 83.0 cm³/mol. The van der Waals surface area contributed by atoms with Crippen LogP contribution in [-0.2, 0) is 0 Å². The SMILES string of the molecule is CCC1(CNc2ncc(Br)cc2Br)CCCNC1. The van der Waals surface area contributed by atoms with Gasteiger partial charge in [0.1, 0.15) is 5.82 Å². The molecular formula is C13H19Br2N3. The van der Waals surface area contributed by atoms with E-state index < -0.39 is 0 Å². The summed E-state index contributed by atoms with van der Waals surface area (Å²) in [4.78, 5) is 4.40. The molecule has 5 heteroatoms. The van der Waals surface area contributed by atoms with E-state index in [1.807, 2.05) is 12.3 Å². The van der Waals surface area contributed by atoms with Crippen LogP contribution in [0.1, 0.15) is 26.2 Å². The van der Waals surface area contributed by atoms with Gasteiger partial charge in [0.05, 0.1) is 4.47 Å². The van der Waals surface area contributed by atoms with Crippen LogP contribution < -0.4 is 10.6 Å². The van der Waals surface area contributed by atoms with Gasteiger partial charge in [-0.05, 0) is 69.1 Å². The van der Waals surface area contributed by atoms with E-state index in [0.717, 1.165) is 34.4 Å². The Hall–Kier alpha value is -0.130. The second-order valence-corrected chi connectivity index (χ2v) is 6.74. The Morgan fingerprint density at radius 1 is 1.50 bits per heavy atom. The van der Waals surface area contributed by atoms with Crippen molar-refractivity contribution in [2.24, 2.45) is 5.41 Å². The minimum Gasteiger partial charge on any atom is -0.369 e. The first-order valence-corrected chi connectivity index (χ1v) is 7.99. The maximum atomic E-state index is 4.40. The van der Waals surface area contributed by atoms with Crippen LogP contribution in [0.2, 0.25) is 0 Å². The molecule has 1 aromatic heterocycles. The zero-order chi connectivity index (χ0) is 13.0. The highest BCUT2D eigenvalue weighted by atomic mass is 79.9. The Balaban J connectivity index is 2.01. The van der Waals surface area contributed by atoms with Gasteiger partial charge in [0.2, 0.25) is 0 Å². The van der Waals surface area contributed by atoms with Gasteiger partial charge in [-0.3, -0.25) is 0 Å². The molecule has 2 heterocycles. The first-order valence-electron chi connectivity index (χ1n) is 6.41. The standard InChI is InChI=1S/C13H19Br2N3/c1-2-13(4-3-5-16-8-13)9-18-12-11(15)6-10(14)7-17-12/h6-7,16H,2-5,8-9H2,1H3,(H,17,18). The van der Waals surface area contributed by atoms with Crippen LogP contribution in [0.3, 0.4) is 0 Å². The quantitative estimate of drug-likeness (QED) is 0.839. The van der Waals surface area contributed by atoms with Gasteiger partial charge in [-0.1, -0.05) is 6.92 Å². The third-order valence-corrected chi connectivity index (χ3v) is 4.79. The van der Waals surface area contributed by atoms with Crippen molar-refractivity contribution < 1.29 is 0 Å². The molecular weight excluding hydrogens is 358 g/mol. The van der Waals surface area contributed by atoms with E-state index >= 15 is 0 Å². The van der Waals surface area contributed by atoms with Gasteiger partial charge in [0.15, 0.2) is 0 Å². The Kier molecular flexibility index (Phi) is 5.04. The van der Waals surface area contributed by atoms with Gasteiger partial charge in [-0.15, -0.1) is 0 Å². The molecule has 18 heavy (non-hydrogen) atoms. The summed E-state index contributed by atoms with van der Waals surface area (Å²) in [6.07, 6.45) is 5.58. The number of aromatic nitrogens is 1. The van der Waals surface area contributed by atoms with E-state index in [4.69, 9.17) is 0 Å². The molecule has 1 aliphatic heterocycles. The second-order valence-electron chi connectivity index (χ2n) is 4.97. The number of hydrogen-bond acceptors (Lipinski definition) is 3. The van der Waals surface area contributed by atoms with Crippen molar-refractivity contribution in [1.29, 1.82) is 0 Å². The number of pyridine rings is 1. The zero-order valence-corrected chi connectivity index (χ0v) is 13.8. The number of nitrogens with zero attached hydrogens (tertiary/aromatic N) is 1. The van der Waals surface area contributed by atoms with E-state index in [2.05, 4.69) is 54.4 Å². The number of nitrogens with one attached hydrogen (secondary N) is 2. The molecule has 1 aliphatic rings. The molecule has 0 aromatic carbocycles. The molecule has 2 rings (SSSR count). The molecule has 1 fully saturated rings. The van der Waals surface area contributed by atoms with Crippen LogP contribution in [0.15, 0.2) is 21.2 Å². The highest BCUT2D eigenvalue weighted by Gasteiger charge is 2.30. The number of halogens is 2. The minimum atomic E-state index is 0.368. The average Bonchev–Trinajstić information content (AvgIpc) is 2.39. The van der Waals surface area contributed by atoms with Crippen LogP contribution in [-0.4, -0.2) is 24.6 Å². The number of anilines is 1. The molecule has 1 atom stereocenters. The van der Waals surface area contributed by atoms with Gasteiger partial charge < -0.3 is 10.6 Å². The lowest BCUT2D eigenvalue weighted by atomic mass is 9.78. The Labute approximate surface area is 125 Å². The van der Waals surface area contributed by atoms with Crippen LogP contribution in [0, 0.1) is 5.41 Å². The maximum Gasteiger partial charge on any atom is 0.140 e. The molecule has 3 nitrogen and oxygen atoms in total. The molecule has 0 radical (unpaired) electrons. The maximum absolute atomic E-state index is 4.40. The Morgan fingerprint density at radius 3 is 2.94 bits per heavy atom. The van der Waals surface area contributed by atoms with Gasteiger partial charge in [-0.2, -0.15) is 0 Å². The largest absolute Gasteiger partial charge is 0.369 e. The summed E-state index contributed by atoms with van der Waals surface area (Å²) in [6, 6.07) is 2.02. The smallest absolute Gasteiger partial charge is 0.140 e. The summed E-state index contributed by atoms with van der Waals surface area (Å²) >= 11 is 6.96. The highest BCUT2D eigenvalue weighted by molar-refractivity contribution is 9.11. The van der Waals surface area contributed by atoms with Crippen molar-refractivity contribution >= 4 is 37.7 Å². The lowest BCUT2D eigenvalue weighted by Gasteiger charge is -2.37. The first-order chi connectivity index (χ1) is 8.65. The highest BCUT2D eigenvalue weighted by Crippen LogP contribution is 2.31. The normalized spacial score (nSPS) is 23.9. The van der Waals surface area contributed by atoms with Crippen molar-refractivity contribution in [1.82, 2.24) is 10.3 Å². The summed E-state index contributed by atoms with van der Waals surface area (Å²) in [6.45, 7) is 5.51. The summed E-state index contributed by atoms with van der Waals surface area (Å²) < 4.78 is 2.00. The van der Waals surface area contributed by atoms with E-state index in [1.54, 1.807) is 0 Å². The topological polar surface area (TPSA) is 37.0 Å². The van der Waals surface area contributed by atoms with Gasteiger partial charge in [-0.25, -0.2) is 4.98 Å². The van der Waals surface area contributed by atoms with Crippen molar-refractivity contribution in [3.05, 3.63) is 21.2 Å². The molecule has 0 bridgehead atoms. The molecule has 0 saturated carbocycles. The molecule has 1 aromatic rings. The van der Waals surface area contributed by atoms with Crippen LogP contribution in [0.25, 0.3) is 0 Å². The molecule has 0 amide bonds. The van der Waals surface area contributed by atoms with Gasteiger partial charge >= 0.3 is 0 Å². The number of hydrogen-bond donors (Lipinski definition) is 2. The fourth-order valence-corrected chi connectivity index (χ4v) is 3.55. The van der Waals surface area contributed by atoms with E-state index in [-0.39, 0.29) is 0 Å². The number of piperidine rings is 1. The predicted octanol–water partition coefficient (Wildman–Crippen LogP) is 3.80. The second kappa shape index (κ2) is 6.35. The third kappa shape index (κ3) is 3.45. The van der Waals surface area contributed by atoms with E-state index in [1.165, 1.54) is 19.3 Å². The van der Waals surface area contributed by atoms with Crippen molar-refractivity contribution in [3.63, 3.8) is 0 Å². The van der Waals surface area contributed by atoms with Crippen LogP contribution >= 0.6 is 31.9 Å². The van der Waals surface area contributed by atoms with Crippen molar-refractivity contribution in [3.8, 4) is 0 Å². The Bertz CT molecular complexity index is 403. The molecule has 2 N–H and O–H groups in total. The summed E-state index contributed by atoms with van der Waals surface area (Å²) in [5.41, 5.74) is 0.368. The fourth-order valence-electron chi connectivity index (χ4n) is 2.42. The summed E-state index contributed by atoms with van der Waals surface area (Å²) in [7, 11) is 0. The van der Waals surface area contributed by atoms with E-state index in [0.29, 0.717) is 5.41 Å². The lowest BCUT2D eigenvalue weighted by molar-refractivity contribution is 0.216. The fraction of sp³-hybridized carbons (Fsp3) is 0.615. The molecule has 1 saturated heterocycles. The van der Waals surface area contributed by atoms with Crippen molar-refractivity contribution in [2.45, 2.75) is 26.2 Å². The van der Waals surface area contributed by atoms with Crippen molar-refractivity contribution in [2.75, 3.05) is 25.0 Å². The minimum absolute atomic E-state index is 0.368. The molecule has 100 valence electrons. The average molecular weight is 377 g/mol. The number of rotatable bonds is 4. The summed E-state index contributed by atoms with van der Waals surface area (Å²) in [5, 5.41) is 6.99. The van der Waals surface area contributed by atoms with Gasteiger partial charge in [0, 0.05) is 23.8 Å². The summed E-state index contributed by atoms with van der Waals surface area (Å²) in [5.74, 6) is 0.927. The zero-order valence-electron chi connectivity index (χ0n) is 10.6. The molecule has 1 unspecified atom stereocenters. The third-order valence-electron chi connectivity index (χ3n) is 3.75. The monoisotopic (exact) mass is 375 g/mol. The van der Waals surface area contributed by atoms with E-state index in [9.17, 15) is 0 Å². The Morgan fingerprint density at radius 2 is 2.33 bits per heavy atom. The first kappa shape index (κ1) is 14.3. The molecule has 0 spiro atoms. The van der Waals surface area contributed by atoms with Crippen LogP contribution in [0.5, 0.6) is 0 Å². The van der Waals surface area contributed by atoms with Crippen LogP contribution in [0.4, 0.5) is 5.82 Å².